The minimum Gasteiger partial charge on any atom is -0.481 e. The van der Waals surface area contributed by atoms with Gasteiger partial charge in [-0.25, -0.2) is 0 Å². The molecule has 1 rings (SSSR count). The van der Waals surface area contributed by atoms with Gasteiger partial charge in [0.15, 0.2) is 0 Å². The Morgan fingerprint density at radius 2 is 1.76 bits per heavy atom. The molecule has 0 amide bonds. The quantitative estimate of drug-likeness (QED) is 0.824. The third-order valence-electron chi connectivity index (χ3n) is 2.94. The maximum Gasteiger partial charge on any atom is 0.308 e. The summed E-state index contributed by atoms with van der Waals surface area (Å²) in [5.74, 6) is -0.804. The van der Waals surface area contributed by atoms with Crippen molar-refractivity contribution in [2.45, 2.75) is 33.2 Å². The summed E-state index contributed by atoms with van der Waals surface area (Å²) >= 11 is 0. The van der Waals surface area contributed by atoms with Crippen LogP contribution in [-0.4, -0.2) is 11.1 Å². The zero-order valence-electron chi connectivity index (χ0n) is 10.7. The third kappa shape index (κ3) is 3.86. The summed E-state index contributed by atoms with van der Waals surface area (Å²) in [6.07, 6.45) is 1.03. The van der Waals surface area contributed by atoms with Crippen LogP contribution in [0.15, 0.2) is 24.3 Å². The highest BCUT2D eigenvalue weighted by Crippen LogP contribution is 2.20. The van der Waals surface area contributed by atoms with E-state index < -0.39 is 17.9 Å². The van der Waals surface area contributed by atoms with E-state index in [9.17, 15) is 4.79 Å². The zero-order valence-corrected chi connectivity index (χ0v) is 10.7. The molecule has 94 valence electrons. The molecular formula is C14H21NO2. The lowest BCUT2D eigenvalue weighted by molar-refractivity contribution is -0.141. The van der Waals surface area contributed by atoms with Crippen LogP contribution < -0.4 is 5.73 Å². The summed E-state index contributed by atoms with van der Waals surface area (Å²) in [6.45, 7) is 5.98. The minimum atomic E-state index is -0.858. The summed E-state index contributed by atoms with van der Waals surface area (Å²) in [6, 6.07) is 7.48. The number of hydrogen-bond acceptors (Lipinski definition) is 2. The van der Waals surface area contributed by atoms with E-state index in [0.29, 0.717) is 5.92 Å². The second-order valence-corrected chi connectivity index (χ2v) is 4.99. The fourth-order valence-electron chi connectivity index (χ4n) is 1.79. The fourth-order valence-corrected chi connectivity index (χ4v) is 1.79. The number of carboxylic acids is 1. The van der Waals surface area contributed by atoms with Crippen LogP contribution in [0.3, 0.4) is 0 Å². The Kier molecular flexibility index (Phi) is 4.70. The Hall–Kier alpha value is -1.35. The molecule has 3 N–H and O–H groups in total. The molecule has 1 aromatic rings. The first-order valence-electron chi connectivity index (χ1n) is 5.99. The molecule has 1 aromatic carbocycles. The van der Waals surface area contributed by atoms with E-state index in [4.69, 9.17) is 10.8 Å². The Labute approximate surface area is 103 Å². The van der Waals surface area contributed by atoms with Gasteiger partial charge in [0.1, 0.15) is 0 Å². The Bertz CT molecular complexity index is 370. The summed E-state index contributed by atoms with van der Waals surface area (Å²) in [7, 11) is 0. The van der Waals surface area contributed by atoms with E-state index in [0.717, 1.165) is 12.0 Å². The van der Waals surface area contributed by atoms with Crippen LogP contribution in [0, 0.1) is 11.8 Å². The molecular weight excluding hydrogens is 214 g/mol. The summed E-state index contributed by atoms with van der Waals surface area (Å²) in [4.78, 5) is 10.8. The Morgan fingerprint density at radius 3 is 2.18 bits per heavy atom. The molecule has 0 heterocycles. The third-order valence-corrected chi connectivity index (χ3v) is 2.94. The lowest BCUT2D eigenvalue weighted by Gasteiger charge is -2.17. The van der Waals surface area contributed by atoms with Crippen LogP contribution in [0.2, 0.25) is 0 Å². The van der Waals surface area contributed by atoms with Gasteiger partial charge in [-0.15, -0.1) is 0 Å². The maximum absolute atomic E-state index is 10.8. The Balaban J connectivity index is 2.76. The van der Waals surface area contributed by atoms with Crippen molar-refractivity contribution in [3.05, 3.63) is 35.4 Å². The van der Waals surface area contributed by atoms with Gasteiger partial charge in [0.2, 0.25) is 0 Å². The molecule has 0 saturated carbocycles. The number of benzene rings is 1. The van der Waals surface area contributed by atoms with E-state index in [1.807, 2.05) is 24.3 Å². The molecule has 3 heteroatoms. The molecule has 0 radical (unpaired) electrons. The highest BCUT2D eigenvalue weighted by atomic mass is 16.4. The standard InChI is InChI=1S/C14H21NO2/c1-9(2)8-11-4-6-12(7-5-11)13(15)10(3)14(16)17/h4-7,9-10,13H,8,15H2,1-3H3,(H,16,17). The van der Waals surface area contributed by atoms with Crippen LogP contribution in [0.1, 0.15) is 37.9 Å². The molecule has 0 aromatic heterocycles. The number of nitrogens with two attached hydrogens (primary N) is 1. The van der Waals surface area contributed by atoms with E-state index in [2.05, 4.69) is 13.8 Å². The first-order chi connectivity index (χ1) is 7.91. The highest BCUT2D eigenvalue weighted by molar-refractivity contribution is 5.70. The van der Waals surface area contributed by atoms with Crippen molar-refractivity contribution in [3.8, 4) is 0 Å². The van der Waals surface area contributed by atoms with Gasteiger partial charge in [0.25, 0.3) is 0 Å². The molecule has 0 aliphatic rings. The van der Waals surface area contributed by atoms with Crippen LogP contribution in [0.25, 0.3) is 0 Å². The van der Waals surface area contributed by atoms with E-state index in [1.165, 1.54) is 5.56 Å². The minimum absolute atomic E-state index is 0.444. The fraction of sp³-hybridized carbons (Fsp3) is 0.500. The van der Waals surface area contributed by atoms with Crippen molar-refractivity contribution < 1.29 is 9.90 Å². The molecule has 0 fully saturated rings. The van der Waals surface area contributed by atoms with Gasteiger partial charge in [0, 0.05) is 6.04 Å². The summed E-state index contributed by atoms with van der Waals surface area (Å²) < 4.78 is 0. The topological polar surface area (TPSA) is 63.3 Å². The molecule has 17 heavy (non-hydrogen) atoms. The number of rotatable bonds is 5. The molecule has 0 aliphatic heterocycles. The Morgan fingerprint density at radius 1 is 1.24 bits per heavy atom. The van der Waals surface area contributed by atoms with Crippen molar-refractivity contribution in [2.75, 3.05) is 0 Å². The summed E-state index contributed by atoms with van der Waals surface area (Å²) in [5.41, 5.74) is 8.05. The van der Waals surface area contributed by atoms with Crippen LogP contribution in [0.5, 0.6) is 0 Å². The zero-order chi connectivity index (χ0) is 13.0. The van der Waals surface area contributed by atoms with Crippen LogP contribution >= 0.6 is 0 Å². The molecule has 0 spiro atoms. The van der Waals surface area contributed by atoms with Crippen molar-refractivity contribution in [3.63, 3.8) is 0 Å². The largest absolute Gasteiger partial charge is 0.481 e. The lowest BCUT2D eigenvalue weighted by Crippen LogP contribution is -2.25. The van der Waals surface area contributed by atoms with Gasteiger partial charge in [-0.05, 0) is 23.5 Å². The van der Waals surface area contributed by atoms with Gasteiger partial charge in [-0.1, -0.05) is 45.0 Å². The van der Waals surface area contributed by atoms with Gasteiger partial charge in [-0.3, -0.25) is 4.79 Å². The SMILES string of the molecule is CC(C)Cc1ccc(C(N)C(C)C(=O)O)cc1. The van der Waals surface area contributed by atoms with Gasteiger partial charge in [0.05, 0.1) is 5.92 Å². The van der Waals surface area contributed by atoms with E-state index in [1.54, 1.807) is 6.92 Å². The van der Waals surface area contributed by atoms with E-state index >= 15 is 0 Å². The number of carboxylic acid groups (broad SMARTS) is 1. The number of carbonyl (C=O) groups is 1. The van der Waals surface area contributed by atoms with Gasteiger partial charge >= 0.3 is 5.97 Å². The first kappa shape index (κ1) is 13.7. The second kappa shape index (κ2) is 5.82. The van der Waals surface area contributed by atoms with Crippen molar-refractivity contribution >= 4 is 5.97 Å². The average molecular weight is 235 g/mol. The van der Waals surface area contributed by atoms with Gasteiger partial charge < -0.3 is 10.8 Å². The summed E-state index contributed by atoms with van der Waals surface area (Å²) in [5, 5.41) is 8.91. The molecule has 0 bridgehead atoms. The molecule has 2 unspecified atom stereocenters. The van der Waals surface area contributed by atoms with Crippen molar-refractivity contribution in [1.82, 2.24) is 0 Å². The normalized spacial score (nSPS) is 14.6. The predicted octanol–water partition coefficient (Wildman–Crippen LogP) is 2.61. The smallest absolute Gasteiger partial charge is 0.308 e. The van der Waals surface area contributed by atoms with Gasteiger partial charge in [-0.2, -0.15) is 0 Å². The predicted molar refractivity (Wildman–Crippen MR) is 68.7 cm³/mol. The first-order valence-corrected chi connectivity index (χ1v) is 5.99. The van der Waals surface area contributed by atoms with Crippen molar-refractivity contribution in [2.24, 2.45) is 17.6 Å². The molecule has 3 nitrogen and oxygen atoms in total. The van der Waals surface area contributed by atoms with Crippen LogP contribution in [-0.2, 0) is 11.2 Å². The van der Waals surface area contributed by atoms with E-state index in [-0.39, 0.29) is 0 Å². The monoisotopic (exact) mass is 235 g/mol. The molecule has 0 saturated heterocycles. The molecule has 2 atom stereocenters. The lowest BCUT2D eigenvalue weighted by atomic mass is 9.93. The number of hydrogen-bond donors (Lipinski definition) is 2. The highest BCUT2D eigenvalue weighted by Gasteiger charge is 2.21. The van der Waals surface area contributed by atoms with Crippen LogP contribution in [0.4, 0.5) is 0 Å². The average Bonchev–Trinajstić information content (AvgIpc) is 2.27. The maximum atomic E-state index is 10.8. The second-order valence-electron chi connectivity index (χ2n) is 4.99. The molecule has 0 aliphatic carbocycles. The number of aliphatic carboxylic acids is 1. The van der Waals surface area contributed by atoms with Crippen molar-refractivity contribution in [1.29, 1.82) is 0 Å².